The smallest absolute Gasteiger partial charge is 0.267 e. The van der Waals surface area contributed by atoms with E-state index in [4.69, 9.17) is 4.84 Å². The summed E-state index contributed by atoms with van der Waals surface area (Å²) in [5.41, 5.74) is 1.71. The van der Waals surface area contributed by atoms with Gasteiger partial charge in [-0.15, -0.1) is 5.10 Å². The maximum Gasteiger partial charge on any atom is 0.267 e. The molecule has 0 N–H and O–H groups in total. The first-order chi connectivity index (χ1) is 5.68. The molecular formula is C8H11N3O. The van der Waals surface area contributed by atoms with Gasteiger partial charge in [-0.05, 0) is 26.8 Å². The van der Waals surface area contributed by atoms with E-state index in [1.54, 1.807) is 6.07 Å². The topological polar surface area (TPSA) is 47.4 Å². The molecule has 0 aliphatic rings. The van der Waals surface area contributed by atoms with E-state index < -0.39 is 0 Å². The Morgan fingerprint density at radius 2 is 2.08 bits per heavy atom. The van der Waals surface area contributed by atoms with Gasteiger partial charge in [0.15, 0.2) is 0 Å². The summed E-state index contributed by atoms with van der Waals surface area (Å²) in [4.78, 5) is 4.94. The summed E-state index contributed by atoms with van der Waals surface area (Å²) < 4.78 is 0. The lowest BCUT2D eigenvalue weighted by Crippen LogP contribution is -1.93. The Labute approximate surface area is 71.3 Å². The van der Waals surface area contributed by atoms with E-state index in [0.29, 0.717) is 5.88 Å². The van der Waals surface area contributed by atoms with Crippen molar-refractivity contribution >= 4 is 5.71 Å². The van der Waals surface area contributed by atoms with Gasteiger partial charge < -0.3 is 4.84 Å². The maximum absolute atomic E-state index is 4.94. The number of rotatable bonds is 2. The van der Waals surface area contributed by atoms with Crippen LogP contribution in [-0.4, -0.2) is 15.9 Å². The van der Waals surface area contributed by atoms with Crippen LogP contribution in [0.25, 0.3) is 0 Å². The Balaban J connectivity index is 2.65. The minimum absolute atomic E-state index is 0.418. The highest BCUT2D eigenvalue weighted by Gasteiger charge is 1.93. The lowest BCUT2D eigenvalue weighted by atomic mass is 10.4. The summed E-state index contributed by atoms with van der Waals surface area (Å²) in [6.45, 7) is 5.56. The molecule has 1 heterocycles. The number of aryl methyl sites for hydroxylation is 1. The monoisotopic (exact) mass is 165 g/mol. The van der Waals surface area contributed by atoms with Gasteiger partial charge >= 0.3 is 0 Å². The fraction of sp³-hybridized carbons (Fsp3) is 0.375. The first kappa shape index (κ1) is 8.64. The van der Waals surface area contributed by atoms with Gasteiger partial charge in [0, 0.05) is 6.07 Å². The third kappa shape index (κ3) is 2.65. The molecule has 0 aromatic carbocycles. The Bertz CT molecular complexity index is 275. The van der Waals surface area contributed by atoms with E-state index >= 15 is 0 Å². The summed E-state index contributed by atoms with van der Waals surface area (Å²) in [7, 11) is 0. The van der Waals surface area contributed by atoms with Crippen LogP contribution in [0.15, 0.2) is 17.3 Å². The molecule has 0 aliphatic heterocycles. The van der Waals surface area contributed by atoms with Crippen LogP contribution in [0.3, 0.4) is 0 Å². The van der Waals surface area contributed by atoms with Crippen molar-refractivity contribution in [2.75, 3.05) is 0 Å². The fourth-order valence-corrected chi connectivity index (χ4v) is 0.573. The van der Waals surface area contributed by atoms with Crippen LogP contribution in [0.1, 0.15) is 19.5 Å². The van der Waals surface area contributed by atoms with Crippen LogP contribution in [0.4, 0.5) is 0 Å². The largest absolute Gasteiger partial charge is 0.335 e. The molecule has 0 saturated heterocycles. The molecule has 0 atom stereocenters. The molecule has 0 unspecified atom stereocenters. The van der Waals surface area contributed by atoms with Crippen molar-refractivity contribution in [2.24, 2.45) is 5.16 Å². The standard InChI is InChI=1S/C8H11N3O/c1-6(2)11-12-8-5-4-7(3)9-10-8/h4-5H,1-3H3. The summed E-state index contributed by atoms with van der Waals surface area (Å²) in [5.74, 6) is 0.418. The van der Waals surface area contributed by atoms with Crippen LogP contribution in [0, 0.1) is 6.92 Å². The van der Waals surface area contributed by atoms with E-state index in [1.165, 1.54) is 0 Å². The second-order valence-corrected chi connectivity index (χ2v) is 2.64. The minimum Gasteiger partial charge on any atom is -0.335 e. The predicted octanol–water partition coefficient (Wildman–Crippen LogP) is 1.56. The molecule has 0 bridgehead atoms. The highest BCUT2D eigenvalue weighted by molar-refractivity contribution is 5.78. The van der Waals surface area contributed by atoms with Crippen molar-refractivity contribution in [3.63, 3.8) is 0 Å². The Hall–Kier alpha value is -1.45. The lowest BCUT2D eigenvalue weighted by Gasteiger charge is -1.96. The molecule has 4 nitrogen and oxygen atoms in total. The average molecular weight is 165 g/mol. The zero-order valence-electron chi connectivity index (χ0n) is 7.40. The van der Waals surface area contributed by atoms with Crippen LogP contribution in [0.2, 0.25) is 0 Å². The molecule has 1 rings (SSSR count). The van der Waals surface area contributed by atoms with Crippen molar-refractivity contribution in [1.29, 1.82) is 0 Å². The molecule has 1 aromatic heterocycles. The maximum atomic E-state index is 4.94. The van der Waals surface area contributed by atoms with Gasteiger partial charge in [0.25, 0.3) is 5.88 Å². The van der Waals surface area contributed by atoms with Gasteiger partial charge in [0.1, 0.15) is 0 Å². The quantitative estimate of drug-likeness (QED) is 0.493. The third-order valence-corrected chi connectivity index (χ3v) is 1.10. The molecule has 0 amide bonds. The Kier molecular flexibility index (Phi) is 2.74. The summed E-state index contributed by atoms with van der Waals surface area (Å²) in [6.07, 6.45) is 0. The van der Waals surface area contributed by atoms with Gasteiger partial charge in [-0.25, -0.2) is 0 Å². The van der Waals surface area contributed by atoms with E-state index in [1.807, 2.05) is 26.8 Å². The second-order valence-electron chi connectivity index (χ2n) is 2.64. The molecule has 0 saturated carbocycles. The second kappa shape index (κ2) is 3.80. The summed E-state index contributed by atoms with van der Waals surface area (Å²) in [5, 5.41) is 11.3. The number of hydrogen-bond donors (Lipinski definition) is 0. The van der Waals surface area contributed by atoms with Gasteiger partial charge in [-0.2, -0.15) is 5.10 Å². The molecule has 12 heavy (non-hydrogen) atoms. The van der Waals surface area contributed by atoms with Crippen LogP contribution < -0.4 is 4.84 Å². The SMILES string of the molecule is CC(C)=NOc1ccc(C)nn1. The number of oxime groups is 1. The highest BCUT2D eigenvalue weighted by atomic mass is 16.6. The Morgan fingerprint density at radius 3 is 2.58 bits per heavy atom. The van der Waals surface area contributed by atoms with Crippen molar-refractivity contribution in [1.82, 2.24) is 10.2 Å². The van der Waals surface area contributed by atoms with E-state index in [9.17, 15) is 0 Å². The van der Waals surface area contributed by atoms with Crippen LogP contribution >= 0.6 is 0 Å². The fourth-order valence-electron chi connectivity index (χ4n) is 0.573. The molecule has 0 aliphatic carbocycles. The van der Waals surface area contributed by atoms with Gasteiger partial charge in [0.05, 0.1) is 11.4 Å². The van der Waals surface area contributed by atoms with Crippen molar-refractivity contribution < 1.29 is 4.84 Å². The minimum atomic E-state index is 0.418. The van der Waals surface area contributed by atoms with Crippen LogP contribution in [-0.2, 0) is 0 Å². The van der Waals surface area contributed by atoms with E-state index in [-0.39, 0.29) is 0 Å². The molecule has 1 aromatic rings. The first-order valence-corrected chi connectivity index (χ1v) is 3.67. The Morgan fingerprint density at radius 1 is 1.33 bits per heavy atom. The lowest BCUT2D eigenvalue weighted by molar-refractivity contribution is 0.322. The highest BCUT2D eigenvalue weighted by Crippen LogP contribution is 2.03. The normalized spacial score (nSPS) is 9.25. The molecule has 64 valence electrons. The molecule has 0 fully saturated rings. The first-order valence-electron chi connectivity index (χ1n) is 3.67. The average Bonchev–Trinajstić information content (AvgIpc) is 2.03. The number of aromatic nitrogens is 2. The van der Waals surface area contributed by atoms with Crippen molar-refractivity contribution in [2.45, 2.75) is 20.8 Å². The zero-order valence-corrected chi connectivity index (χ0v) is 7.40. The van der Waals surface area contributed by atoms with Gasteiger partial charge in [-0.1, -0.05) is 5.16 Å². The van der Waals surface area contributed by atoms with Crippen molar-refractivity contribution in [3.8, 4) is 5.88 Å². The molecule has 0 spiro atoms. The van der Waals surface area contributed by atoms with Crippen LogP contribution in [0.5, 0.6) is 5.88 Å². The van der Waals surface area contributed by atoms with E-state index in [0.717, 1.165) is 11.4 Å². The zero-order chi connectivity index (χ0) is 8.97. The third-order valence-electron chi connectivity index (χ3n) is 1.10. The molecular weight excluding hydrogens is 154 g/mol. The summed E-state index contributed by atoms with van der Waals surface area (Å²) in [6, 6.07) is 3.55. The predicted molar refractivity (Wildman–Crippen MR) is 46.2 cm³/mol. The molecule has 4 heteroatoms. The van der Waals surface area contributed by atoms with Gasteiger partial charge in [-0.3, -0.25) is 0 Å². The number of hydrogen-bond acceptors (Lipinski definition) is 4. The summed E-state index contributed by atoms with van der Waals surface area (Å²) >= 11 is 0. The number of nitrogens with zero attached hydrogens (tertiary/aromatic N) is 3. The van der Waals surface area contributed by atoms with E-state index in [2.05, 4.69) is 15.4 Å². The molecule has 0 radical (unpaired) electrons. The van der Waals surface area contributed by atoms with Crippen molar-refractivity contribution in [3.05, 3.63) is 17.8 Å². The van der Waals surface area contributed by atoms with Gasteiger partial charge in [0.2, 0.25) is 0 Å².